The zero-order valence-corrected chi connectivity index (χ0v) is 15.7. The van der Waals surface area contributed by atoms with E-state index in [2.05, 4.69) is 0 Å². The van der Waals surface area contributed by atoms with E-state index in [4.69, 9.17) is 11.6 Å². The second kappa shape index (κ2) is 6.74. The number of benzene rings is 2. The van der Waals surface area contributed by atoms with Gasteiger partial charge < -0.3 is 4.90 Å². The van der Waals surface area contributed by atoms with Gasteiger partial charge in [0, 0.05) is 36.5 Å². The predicted molar refractivity (Wildman–Crippen MR) is 98.5 cm³/mol. The SMILES string of the molecule is CN(C)/C=C1/CN(S(=O)(=O)c2ccc(Cl)cc2)c2cc(F)ccc2C1=O. The predicted octanol–water partition coefficient (Wildman–Crippen LogP) is 3.32. The van der Waals surface area contributed by atoms with Gasteiger partial charge in [-0.3, -0.25) is 9.10 Å². The standard InChI is InChI=1S/C18H16ClFN2O3S/c1-21(2)10-12-11-22(17-9-14(20)5-8-16(17)18(12)23)26(24,25)15-6-3-13(19)4-7-15/h3-10H,11H2,1-2H3/b12-10-. The molecule has 1 heterocycles. The maximum absolute atomic E-state index is 13.8. The Hall–Kier alpha value is -2.38. The Labute approximate surface area is 156 Å². The number of fused-ring (bicyclic) bond motifs is 1. The molecule has 26 heavy (non-hydrogen) atoms. The van der Waals surface area contributed by atoms with Gasteiger partial charge in [0.05, 0.1) is 17.1 Å². The van der Waals surface area contributed by atoms with Gasteiger partial charge in [-0.15, -0.1) is 0 Å². The fraction of sp³-hybridized carbons (Fsp3) is 0.167. The number of halogens is 2. The molecule has 0 aromatic heterocycles. The lowest BCUT2D eigenvalue weighted by Gasteiger charge is -2.31. The molecule has 0 aliphatic carbocycles. The first kappa shape index (κ1) is 18.4. The molecule has 0 spiro atoms. The quantitative estimate of drug-likeness (QED) is 0.749. The average Bonchev–Trinajstić information content (AvgIpc) is 2.57. The third kappa shape index (κ3) is 3.32. The molecular formula is C18H16ClFN2O3S. The first-order chi connectivity index (χ1) is 12.2. The summed E-state index contributed by atoms with van der Waals surface area (Å²) in [7, 11) is -0.535. The molecule has 0 unspecified atom stereocenters. The van der Waals surface area contributed by atoms with E-state index in [-0.39, 0.29) is 28.5 Å². The molecule has 1 aliphatic rings. The Morgan fingerprint density at radius 1 is 1.15 bits per heavy atom. The summed E-state index contributed by atoms with van der Waals surface area (Å²) >= 11 is 5.83. The van der Waals surface area contributed by atoms with Crippen LogP contribution in [0.15, 0.2) is 59.1 Å². The molecule has 0 saturated carbocycles. The number of hydrogen-bond donors (Lipinski definition) is 0. The van der Waals surface area contributed by atoms with E-state index in [0.29, 0.717) is 10.6 Å². The normalized spacial score (nSPS) is 15.9. The minimum Gasteiger partial charge on any atom is -0.383 e. The lowest BCUT2D eigenvalue weighted by molar-refractivity contribution is 0.102. The van der Waals surface area contributed by atoms with E-state index in [0.717, 1.165) is 16.4 Å². The minimum atomic E-state index is -4.00. The van der Waals surface area contributed by atoms with Gasteiger partial charge in [-0.25, -0.2) is 12.8 Å². The van der Waals surface area contributed by atoms with Crippen molar-refractivity contribution in [2.24, 2.45) is 0 Å². The molecule has 2 aromatic carbocycles. The van der Waals surface area contributed by atoms with Crippen molar-refractivity contribution in [1.29, 1.82) is 0 Å². The fourth-order valence-corrected chi connectivity index (χ4v) is 4.33. The van der Waals surface area contributed by atoms with E-state index in [9.17, 15) is 17.6 Å². The topological polar surface area (TPSA) is 57.7 Å². The highest BCUT2D eigenvalue weighted by Gasteiger charge is 2.35. The summed E-state index contributed by atoms with van der Waals surface area (Å²) in [5, 5.41) is 0.400. The van der Waals surface area contributed by atoms with Crippen molar-refractivity contribution in [3.63, 3.8) is 0 Å². The fourth-order valence-electron chi connectivity index (χ4n) is 2.75. The van der Waals surface area contributed by atoms with Crippen molar-refractivity contribution in [2.45, 2.75) is 4.90 Å². The van der Waals surface area contributed by atoms with Crippen LogP contribution < -0.4 is 4.31 Å². The van der Waals surface area contributed by atoms with Gasteiger partial charge in [-0.05, 0) is 42.5 Å². The monoisotopic (exact) mass is 394 g/mol. The Bertz CT molecular complexity index is 1000. The number of carbonyl (C=O) groups excluding carboxylic acids is 1. The van der Waals surface area contributed by atoms with Crippen LogP contribution in [-0.2, 0) is 10.0 Å². The lowest BCUT2D eigenvalue weighted by Crippen LogP contribution is -2.39. The summed E-state index contributed by atoms with van der Waals surface area (Å²) in [6.07, 6.45) is 1.57. The van der Waals surface area contributed by atoms with Crippen molar-refractivity contribution in [2.75, 3.05) is 24.9 Å². The number of rotatable bonds is 3. The second-order valence-electron chi connectivity index (χ2n) is 6.07. The Morgan fingerprint density at radius 2 is 1.81 bits per heavy atom. The maximum Gasteiger partial charge on any atom is 0.264 e. The van der Waals surface area contributed by atoms with Crippen LogP contribution in [0.25, 0.3) is 0 Å². The molecular weight excluding hydrogens is 379 g/mol. The first-order valence-corrected chi connectivity index (χ1v) is 9.51. The average molecular weight is 395 g/mol. The van der Waals surface area contributed by atoms with Crippen LogP contribution in [0, 0.1) is 5.82 Å². The van der Waals surface area contributed by atoms with Crippen molar-refractivity contribution in [3.05, 3.63) is 70.6 Å². The van der Waals surface area contributed by atoms with Crippen LogP contribution in [0.3, 0.4) is 0 Å². The maximum atomic E-state index is 13.8. The van der Waals surface area contributed by atoms with Gasteiger partial charge in [0.2, 0.25) is 0 Å². The molecule has 0 N–H and O–H groups in total. The highest BCUT2D eigenvalue weighted by atomic mass is 35.5. The van der Waals surface area contributed by atoms with Crippen LogP contribution in [0.2, 0.25) is 5.02 Å². The zero-order valence-electron chi connectivity index (χ0n) is 14.1. The first-order valence-electron chi connectivity index (χ1n) is 7.70. The van der Waals surface area contributed by atoms with E-state index >= 15 is 0 Å². The molecule has 0 bridgehead atoms. The van der Waals surface area contributed by atoms with Gasteiger partial charge >= 0.3 is 0 Å². The second-order valence-corrected chi connectivity index (χ2v) is 8.37. The highest BCUT2D eigenvalue weighted by Crippen LogP contribution is 2.34. The van der Waals surface area contributed by atoms with Gasteiger partial charge in [0.15, 0.2) is 5.78 Å². The number of Topliss-reactive ketones (excluding diaryl/α,β-unsaturated/α-hetero) is 1. The molecule has 0 atom stereocenters. The van der Waals surface area contributed by atoms with Crippen molar-refractivity contribution in [1.82, 2.24) is 4.90 Å². The highest BCUT2D eigenvalue weighted by molar-refractivity contribution is 7.92. The van der Waals surface area contributed by atoms with Gasteiger partial charge in [0.25, 0.3) is 10.0 Å². The van der Waals surface area contributed by atoms with Gasteiger partial charge in [0.1, 0.15) is 5.82 Å². The van der Waals surface area contributed by atoms with E-state index in [1.807, 2.05) is 0 Å². The molecule has 0 fully saturated rings. The molecule has 2 aromatic rings. The summed E-state index contributed by atoms with van der Waals surface area (Å²) in [6.45, 7) is -0.182. The van der Waals surface area contributed by atoms with Crippen LogP contribution in [0.4, 0.5) is 10.1 Å². The Kier molecular flexibility index (Phi) is 4.77. The number of hydrogen-bond acceptors (Lipinski definition) is 4. The molecule has 0 radical (unpaired) electrons. The smallest absolute Gasteiger partial charge is 0.264 e. The number of ketones is 1. The van der Waals surface area contributed by atoms with Crippen LogP contribution in [0.5, 0.6) is 0 Å². The summed E-state index contributed by atoms with van der Waals surface area (Å²) in [4.78, 5) is 14.3. The minimum absolute atomic E-state index is 0.00987. The molecule has 136 valence electrons. The van der Waals surface area contributed by atoms with Gasteiger partial charge in [-0.1, -0.05) is 11.6 Å². The number of anilines is 1. The van der Waals surface area contributed by atoms with Crippen LogP contribution in [0.1, 0.15) is 10.4 Å². The van der Waals surface area contributed by atoms with E-state index in [1.54, 1.807) is 25.2 Å². The van der Waals surface area contributed by atoms with E-state index < -0.39 is 15.8 Å². The summed E-state index contributed by atoms with van der Waals surface area (Å²) in [5.74, 6) is -0.941. The zero-order chi connectivity index (χ0) is 19.1. The third-order valence-electron chi connectivity index (χ3n) is 3.89. The molecule has 1 aliphatic heterocycles. The van der Waals surface area contributed by atoms with Crippen molar-refractivity contribution >= 4 is 33.1 Å². The van der Waals surface area contributed by atoms with Crippen LogP contribution in [-0.4, -0.2) is 39.7 Å². The van der Waals surface area contributed by atoms with Crippen molar-refractivity contribution < 1.29 is 17.6 Å². The van der Waals surface area contributed by atoms with Crippen molar-refractivity contribution in [3.8, 4) is 0 Å². The summed E-state index contributed by atoms with van der Waals surface area (Å²) in [6, 6.07) is 9.19. The van der Waals surface area contributed by atoms with Crippen LogP contribution >= 0.6 is 11.6 Å². The molecule has 8 heteroatoms. The Balaban J connectivity index is 2.19. The summed E-state index contributed by atoms with van der Waals surface area (Å²) < 4.78 is 41.1. The number of sulfonamides is 1. The third-order valence-corrected chi connectivity index (χ3v) is 5.92. The molecule has 3 rings (SSSR count). The van der Waals surface area contributed by atoms with E-state index in [1.165, 1.54) is 30.3 Å². The summed E-state index contributed by atoms with van der Waals surface area (Å²) in [5.41, 5.74) is 0.468. The Morgan fingerprint density at radius 3 is 2.42 bits per heavy atom. The molecule has 0 saturated heterocycles. The number of carbonyl (C=O) groups is 1. The molecule has 0 amide bonds. The number of nitrogens with zero attached hydrogens (tertiary/aromatic N) is 2. The van der Waals surface area contributed by atoms with Gasteiger partial charge in [-0.2, -0.15) is 0 Å². The lowest BCUT2D eigenvalue weighted by atomic mass is 9.98. The molecule has 5 nitrogen and oxygen atoms in total. The largest absolute Gasteiger partial charge is 0.383 e.